The summed E-state index contributed by atoms with van der Waals surface area (Å²) in [7, 11) is 0. The van der Waals surface area contributed by atoms with E-state index in [-0.39, 0.29) is 5.38 Å². The average molecular weight is 215 g/mol. The monoisotopic (exact) mass is 214 g/mol. The van der Waals surface area contributed by atoms with Crippen LogP contribution in [0.5, 0.6) is 0 Å². The van der Waals surface area contributed by atoms with Gasteiger partial charge in [-0.1, -0.05) is 20.8 Å². The smallest absolute Gasteiger partial charge is 0.0613 e. The Hall–Kier alpha value is -0.500. The highest BCUT2D eigenvalue weighted by atomic mass is 35.5. The summed E-state index contributed by atoms with van der Waals surface area (Å²) in [6.45, 7) is 7.52. The van der Waals surface area contributed by atoms with Gasteiger partial charge in [0.1, 0.15) is 0 Å². The van der Waals surface area contributed by atoms with Crippen LogP contribution in [0.1, 0.15) is 44.6 Å². The molecule has 14 heavy (non-hydrogen) atoms. The highest BCUT2D eigenvalue weighted by Gasteiger charge is 2.07. The largest absolute Gasteiger partial charge is 0.272 e. The fraction of sp³-hybridized carbons (Fsp3) is 0.727. The van der Waals surface area contributed by atoms with Crippen molar-refractivity contribution in [3.05, 3.63) is 18.0 Å². The Morgan fingerprint density at radius 3 is 2.79 bits per heavy atom. The molecule has 0 spiro atoms. The third-order valence-corrected chi connectivity index (χ3v) is 2.87. The van der Waals surface area contributed by atoms with E-state index >= 15 is 0 Å². The minimum Gasteiger partial charge on any atom is -0.272 e. The SMILES string of the molecule is CCC(Cl)c1cnn(CCC(C)C)c1. The van der Waals surface area contributed by atoms with E-state index < -0.39 is 0 Å². The third kappa shape index (κ3) is 3.33. The van der Waals surface area contributed by atoms with Crippen LogP contribution in [0.3, 0.4) is 0 Å². The summed E-state index contributed by atoms with van der Waals surface area (Å²) < 4.78 is 1.99. The summed E-state index contributed by atoms with van der Waals surface area (Å²) in [6, 6.07) is 0. The lowest BCUT2D eigenvalue weighted by Crippen LogP contribution is -2.01. The highest BCUT2D eigenvalue weighted by Crippen LogP contribution is 2.22. The summed E-state index contributed by atoms with van der Waals surface area (Å²) in [5, 5.41) is 4.40. The zero-order chi connectivity index (χ0) is 10.6. The van der Waals surface area contributed by atoms with Crippen LogP contribution >= 0.6 is 11.6 Å². The standard InChI is InChI=1S/C11H19ClN2/c1-4-11(12)10-7-13-14(8-10)6-5-9(2)3/h7-9,11H,4-6H2,1-3H3. The zero-order valence-electron chi connectivity index (χ0n) is 9.20. The topological polar surface area (TPSA) is 17.8 Å². The molecule has 0 saturated heterocycles. The van der Waals surface area contributed by atoms with Crippen molar-refractivity contribution in [3.63, 3.8) is 0 Å². The van der Waals surface area contributed by atoms with E-state index in [4.69, 9.17) is 11.6 Å². The number of hydrogen-bond donors (Lipinski definition) is 0. The molecular weight excluding hydrogens is 196 g/mol. The van der Waals surface area contributed by atoms with Gasteiger partial charge in [-0.15, -0.1) is 11.6 Å². The van der Waals surface area contributed by atoms with Gasteiger partial charge in [-0.25, -0.2) is 0 Å². The molecule has 0 aliphatic carbocycles. The minimum atomic E-state index is 0.114. The van der Waals surface area contributed by atoms with E-state index in [1.807, 2.05) is 10.9 Å². The quantitative estimate of drug-likeness (QED) is 0.685. The summed E-state index contributed by atoms with van der Waals surface area (Å²) in [4.78, 5) is 0. The number of aromatic nitrogens is 2. The summed E-state index contributed by atoms with van der Waals surface area (Å²) >= 11 is 6.11. The molecule has 80 valence electrons. The van der Waals surface area contributed by atoms with Crippen molar-refractivity contribution >= 4 is 11.6 Å². The molecule has 1 aromatic rings. The van der Waals surface area contributed by atoms with Crippen molar-refractivity contribution in [3.8, 4) is 0 Å². The molecule has 0 amide bonds. The molecule has 1 heterocycles. The summed E-state index contributed by atoms with van der Waals surface area (Å²) in [6.07, 6.45) is 6.06. The minimum absolute atomic E-state index is 0.114. The van der Waals surface area contributed by atoms with Crippen molar-refractivity contribution in [2.45, 2.75) is 45.5 Å². The number of aryl methyl sites for hydroxylation is 1. The molecule has 1 aromatic heterocycles. The first-order valence-electron chi connectivity index (χ1n) is 5.30. The van der Waals surface area contributed by atoms with Crippen molar-refractivity contribution in [1.82, 2.24) is 9.78 Å². The Bertz CT molecular complexity index is 268. The lowest BCUT2D eigenvalue weighted by Gasteiger charge is -2.04. The van der Waals surface area contributed by atoms with Gasteiger partial charge in [-0.3, -0.25) is 4.68 Å². The number of hydrogen-bond acceptors (Lipinski definition) is 1. The van der Waals surface area contributed by atoms with Crippen LogP contribution in [-0.4, -0.2) is 9.78 Å². The molecule has 0 N–H and O–H groups in total. The fourth-order valence-electron chi connectivity index (χ4n) is 1.29. The van der Waals surface area contributed by atoms with Crippen molar-refractivity contribution in [2.75, 3.05) is 0 Å². The second-order valence-electron chi connectivity index (χ2n) is 4.10. The first-order valence-corrected chi connectivity index (χ1v) is 5.73. The summed E-state index contributed by atoms with van der Waals surface area (Å²) in [5.74, 6) is 0.723. The number of halogens is 1. The van der Waals surface area contributed by atoms with E-state index in [9.17, 15) is 0 Å². The van der Waals surface area contributed by atoms with Gasteiger partial charge in [0.25, 0.3) is 0 Å². The predicted molar refractivity (Wildman–Crippen MR) is 60.6 cm³/mol. The van der Waals surface area contributed by atoms with Crippen molar-refractivity contribution in [1.29, 1.82) is 0 Å². The molecule has 2 nitrogen and oxygen atoms in total. The van der Waals surface area contributed by atoms with Gasteiger partial charge in [0.2, 0.25) is 0 Å². The van der Waals surface area contributed by atoms with Crippen molar-refractivity contribution in [2.24, 2.45) is 5.92 Å². The molecule has 1 unspecified atom stereocenters. The normalized spacial score (nSPS) is 13.5. The van der Waals surface area contributed by atoms with Gasteiger partial charge in [-0.05, 0) is 18.8 Å². The van der Waals surface area contributed by atoms with Gasteiger partial charge in [0.15, 0.2) is 0 Å². The highest BCUT2D eigenvalue weighted by molar-refractivity contribution is 6.20. The van der Waals surface area contributed by atoms with E-state index in [0.29, 0.717) is 0 Å². The van der Waals surface area contributed by atoms with Crippen LogP contribution in [-0.2, 0) is 6.54 Å². The van der Waals surface area contributed by atoms with Gasteiger partial charge >= 0.3 is 0 Å². The van der Waals surface area contributed by atoms with Crippen LogP contribution in [0.25, 0.3) is 0 Å². The zero-order valence-corrected chi connectivity index (χ0v) is 9.96. The van der Waals surface area contributed by atoms with E-state index in [1.165, 1.54) is 6.42 Å². The molecule has 3 heteroatoms. The Morgan fingerprint density at radius 1 is 1.50 bits per heavy atom. The molecule has 0 bridgehead atoms. The Morgan fingerprint density at radius 2 is 2.21 bits per heavy atom. The lowest BCUT2D eigenvalue weighted by atomic mass is 10.1. The molecule has 0 saturated carbocycles. The fourth-order valence-corrected chi connectivity index (χ4v) is 1.40. The van der Waals surface area contributed by atoms with Crippen molar-refractivity contribution < 1.29 is 0 Å². The second-order valence-corrected chi connectivity index (χ2v) is 4.62. The number of rotatable bonds is 5. The van der Waals surface area contributed by atoms with Crippen LogP contribution in [0.2, 0.25) is 0 Å². The van der Waals surface area contributed by atoms with E-state index in [0.717, 1.165) is 24.4 Å². The van der Waals surface area contributed by atoms with Crippen LogP contribution < -0.4 is 0 Å². The maximum absolute atomic E-state index is 6.11. The predicted octanol–water partition coefficient (Wildman–Crippen LogP) is 3.62. The Kier molecular flexibility index (Phi) is 4.46. The maximum atomic E-state index is 6.11. The maximum Gasteiger partial charge on any atom is 0.0613 e. The van der Waals surface area contributed by atoms with Gasteiger partial charge in [0.05, 0.1) is 11.6 Å². The van der Waals surface area contributed by atoms with Crippen LogP contribution in [0.15, 0.2) is 12.4 Å². The van der Waals surface area contributed by atoms with Gasteiger partial charge in [-0.2, -0.15) is 5.10 Å². The lowest BCUT2D eigenvalue weighted by molar-refractivity contribution is 0.487. The molecule has 0 aliphatic heterocycles. The average Bonchev–Trinajstić information content (AvgIpc) is 2.62. The molecule has 1 rings (SSSR count). The van der Waals surface area contributed by atoms with E-state index in [1.54, 1.807) is 0 Å². The molecule has 0 aliphatic rings. The van der Waals surface area contributed by atoms with Gasteiger partial charge < -0.3 is 0 Å². The van der Waals surface area contributed by atoms with Crippen LogP contribution in [0, 0.1) is 5.92 Å². The molecule has 0 aromatic carbocycles. The Labute approximate surface area is 91.3 Å². The number of nitrogens with zero attached hydrogens (tertiary/aromatic N) is 2. The second kappa shape index (κ2) is 5.40. The molecule has 0 radical (unpaired) electrons. The first-order chi connectivity index (χ1) is 6.63. The molecule has 1 atom stereocenters. The third-order valence-electron chi connectivity index (χ3n) is 2.31. The molecular formula is C11H19ClN2. The molecule has 0 fully saturated rings. The van der Waals surface area contributed by atoms with Crippen LogP contribution in [0.4, 0.5) is 0 Å². The Balaban J connectivity index is 2.50. The number of alkyl halides is 1. The van der Waals surface area contributed by atoms with E-state index in [2.05, 4.69) is 32.1 Å². The van der Waals surface area contributed by atoms with Gasteiger partial charge in [0, 0.05) is 18.3 Å². The first kappa shape index (κ1) is 11.6. The summed E-state index contributed by atoms with van der Waals surface area (Å²) in [5.41, 5.74) is 1.14.